The molecule has 3 atom stereocenters. The number of nitrogens with one attached hydrogen (secondary N) is 1. The van der Waals surface area contributed by atoms with Crippen molar-refractivity contribution in [2.75, 3.05) is 7.05 Å². The van der Waals surface area contributed by atoms with Crippen LogP contribution >= 0.6 is 36.2 Å². The number of thiazole rings is 1. The highest BCUT2D eigenvalue weighted by molar-refractivity contribution is 7.11. The van der Waals surface area contributed by atoms with Crippen LogP contribution in [-0.4, -0.2) is 34.9 Å². The fourth-order valence-corrected chi connectivity index (χ4v) is 5.23. The zero-order chi connectivity index (χ0) is 16.6. The molecule has 4 nitrogen and oxygen atoms in total. The quantitative estimate of drug-likeness (QED) is 0.790. The number of carbonyl (C=O) groups is 1. The SMILES string of the molecule is CCc1nc(C)c(C(C)N(C)C(=O)CC2CC3CCC(C2)N3)s1.Cl.Cl. The van der Waals surface area contributed by atoms with Gasteiger partial charge in [0.1, 0.15) is 0 Å². The molecule has 3 heterocycles. The second kappa shape index (κ2) is 9.54. The number of hydrogen-bond donors (Lipinski definition) is 1. The summed E-state index contributed by atoms with van der Waals surface area (Å²) in [6.07, 6.45) is 6.60. The molecule has 1 aromatic rings. The number of fused-ring (bicyclic) bond motifs is 2. The minimum atomic E-state index is 0. The number of nitrogens with zero attached hydrogens (tertiary/aromatic N) is 2. The summed E-state index contributed by atoms with van der Waals surface area (Å²) in [5.41, 5.74) is 1.08. The van der Waals surface area contributed by atoms with E-state index in [1.165, 1.54) is 35.6 Å². The minimum Gasteiger partial charge on any atom is -0.338 e. The lowest BCUT2D eigenvalue weighted by atomic mass is 9.89. The van der Waals surface area contributed by atoms with E-state index in [4.69, 9.17) is 0 Å². The van der Waals surface area contributed by atoms with Crippen molar-refractivity contribution < 1.29 is 4.79 Å². The monoisotopic (exact) mass is 407 g/mol. The third-order valence-corrected chi connectivity index (χ3v) is 7.04. The molecule has 2 bridgehead atoms. The molecule has 1 amide bonds. The molecule has 0 aromatic carbocycles. The molecule has 7 heteroatoms. The average Bonchev–Trinajstić information content (AvgIpc) is 3.07. The Labute approximate surface area is 168 Å². The summed E-state index contributed by atoms with van der Waals surface area (Å²) >= 11 is 1.76. The van der Waals surface area contributed by atoms with Gasteiger partial charge in [-0.1, -0.05) is 6.92 Å². The second-order valence-electron chi connectivity index (χ2n) is 7.27. The Bertz CT molecular complexity index is 569. The lowest BCUT2D eigenvalue weighted by Gasteiger charge is -2.31. The summed E-state index contributed by atoms with van der Waals surface area (Å²) in [4.78, 5) is 20.5. The number of amides is 1. The second-order valence-corrected chi connectivity index (χ2v) is 8.39. The number of piperidine rings is 1. The van der Waals surface area contributed by atoms with Crippen LogP contribution in [0.1, 0.15) is 67.6 Å². The highest BCUT2D eigenvalue weighted by Gasteiger charge is 2.35. The van der Waals surface area contributed by atoms with Crippen LogP contribution in [0.25, 0.3) is 0 Å². The topological polar surface area (TPSA) is 45.2 Å². The fourth-order valence-electron chi connectivity index (χ4n) is 4.13. The maximum absolute atomic E-state index is 12.7. The van der Waals surface area contributed by atoms with Crippen LogP contribution in [0.15, 0.2) is 0 Å². The van der Waals surface area contributed by atoms with E-state index in [1.807, 2.05) is 11.9 Å². The van der Waals surface area contributed by atoms with Crippen molar-refractivity contribution in [2.45, 2.75) is 77.4 Å². The van der Waals surface area contributed by atoms with E-state index in [2.05, 4.69) is 31.1 Å². The summed E-state index contributed by atoms with van der Waals surface area (Å²) in [5.74, 6) is 0.847. The van der Waals surface area contributed by atoms with Crippen molar-refractivity contribution in [1.29, 1.82) is 0 Å². The van der Waals surface area contributed by atoms with Gasteiger partial charge in [-0.15, -0.1) is 36.2 Å². The summed E-state index contributed by atoms with van der Waals surface area (Å²) in [6, 6.07) is 1.44. The molecule has 2 aliphatic rings. The van der Waals surface area contributed by atoms with Gasteiger partial charge in [-0.2, -0.15) is 0 Å². The van der Waals surface area contributed by atoms with Gasteiger partial charge in [0.15, 0.2) is 0 Å². The van der Waals surface area contributed by atoms with Crippen molar-refractivity contribution in [2.24, 2.45) is 5.92 Å². The molecule has 3 unspecified atom stereocenters. The third-order valence-electron chi connectivity index (χ3n) is 5.57. The molecule has 0 saturated carbocycles. The number of aryl methyl sites for hydroxylation is 2. The molecule has 1 aromatic heterocycles. The van der Waals surface area contributed by atoms with Gasteiger partial charge in [0.25, 0.3) is 0 Å². The molecule has 144 valence electrons. The van der Waals surface area contributed by atoms with Crippen molar-refractivity contribution in [3.8, 4) is 0 Å². The van der Waals surface area contributed by atoms with Gasteiger partial charge >= 0.3 is 0 Å². The van der Waals surface area contributed by atoms with Gasteiger partial charge in [0, 0.05) is 30.4 Å². The van der Waals surface area contributed by atoms with Gasteiger partial charge in [-0.3, -0.25) is 4.79 Å². The maximum atomic E-state index is 12.7. The molecule has 0 aliphatic carbocycles. The van der Waals surface area contributed by atoms with E-state index >= 15 is 0 Å². The summed E-state index contributed by atoms with van der Waals surface area (Å²) in [5, 5.41) is 4.82. The highest BCUT2D eigenvalue weighted by Crippen LogP contribution is 2.34. The molecule has 2 saturated heterocycles. The fraction of sp³-hybridized carbons (Fsp3) is 0.778. The lowest BCUT2D eigenvalue weighted by Crippen LogP contribution is -2.40. The molecule has 1 N–H and O–H groups in total. The van der Waals surface area contributed by atoms with E-state index in [9.17, 15) is 4.79 Å². The van der Waals surface area contributed by atoms with E-state index in [0.717, 1.165) is 12.1 Å². The lowest BCUT2D eigenvalue weighted by molar-refractivity contribution is -0.133. The van der Waals surface area contributed by atoms with Gasteiger partial charge < -0.3 is 10.2 Å². The summed E-state index contributed by atoms with van der Waals surface area (Å²) < 4.78 is 0. The highest BCUT2D eigenvalue weighted by atomic mass is 35.5. The predicted octanol–water partition coefficient (Wildman–Crippen LogP) is 4.30. The molecule has 2 fully saturated rings. The van der Waals surface area contributed by atoms with Crippen LogP contribution in [0.4, 0.5) is 0 Å². The van der Waals surface area contributed by atoms with Gasteiger partial charge in [-0.25, -0.2) is 4.98 Å². The van der Waals surface area contributed by atoms with Gasteiger partial charge in [-0.05, 0) is 51.9 Å². The number of carbonyl (C=O) groups excluding carboxylic acids is 1. The summed E-state index contributed by atoms with van der Waals surface area (Å²) in [6.45, 7) is 6.32. The first kappa shape index (κ1) is 22.7. The largest absolute Gasteiger partial charge is 0.338 e. The zero-order valence-corrected chi connectivity index (χ0v) is 18.0. The normalized spacial score (nSPS) is 25.7. The standard InChI is InChI=1S/C18H29N3OS.2ClH/c1-5-16-19-11(2)18(23-16)12(3)21(4)17(22)10-13-8-14-6-7-15(9-13)20-14;;/h12-15,20H,5-10H2,1-4H3;2*1H. The van der Waals surface area contributed by atoms with Crippen LogP contribution in [0.5, 0.6) is 0 Å². The smallest absolute Gasteiger partial charge is 0.223 e. The minimum absolute atomic E-state index is 0. The van der Waals surface area contributed by atoms with Gasteiger partial charge in [0.2, 0.25) is 5.91 Å². The first-order chi connectivity index (χ1) is 11.0. The summed E-state index contributed by atoms with van der Waals surface area (Å²) in [7, 11) is 1.95. The number of rotatable bonds is 5. The van der Waals surface area contributed by atoms with E-state index < -0.39 is 0 Å². The molecule has 0 spiro atoms. The zero-order valence-electron chi connectivity index (χ0n) is 15.6. The van der Waals surface area contributed by atoms with Crippen LogP contribution < -0.4 is 5.32 Å². The van der Waals surface area contributed by atoms with E-state index in [0.29, 0.717) is 24.4 Å². The molecule has 3 rings (SSSR count). The Kier molecular flexibility index (Phi) is 8.65. The van der Waals surface area contributed by atoms with E-state index in [-0.39, 0.29) is 36.8 Å². The van der Waals surface area contributed by atoms with Crippen molar-refractivity contribution in [1.82, 2.24) is 15.2 Å². The van der Waals surface area contributed by atoms with Crippen LogP contribution in [0.2, 0.25) is 0 Å². The van der Waals surface area contributed by atoms with Gasteiger partial charge in [0.05, 0.1) is 16.7 Å². The maximum Gasteiger partial charge on any atom is 0.223 e. The number of halogens is 2. The van der Waals surface area contributed by atoms with Crippen LogP contribution in [0, 0.1) is 12.8 Å². The predicted molar refractivity (Wildman–Crippen MR) is 109 cm³/mol. The average molecular weight is 408 g/mol. The Hall–Kier alpha value is -0.360. The third kappa shape index (κ3) is 5.09. The Morgan fingerprint density at radius 3 is 2.44 bits per heavy atom. The first-order valence-electron chi connectivity index (χ1n) is 8.95. The van der Waals surface area contributed by atoms with Crippen molar-refractivity contribution in [3.05, 3.63) is 15.6 Å². The Morgan fingerprint density at radius 2 is 1.92 bits per heavy atom. The Balaban J connectivity index is 0.00000156. The molecule has 2 aliphatic heterocycles. The number of hydrogen-bond acceptors (Lipinski definition) is 4. The molecule has 25 heavy (non-hydrogen) atoms. The molecule has 0 radical (unpaired) electrons. The molecular weight excluding hydrogens is 377 g/mol. The van der Waals surface area contributed by atoms with Crippen LogP contribution in [-0.2, 0) is 11.2 Å². The van der Waals surface area contributed by atoms with Crippen LogP contribution in [0.3, 0.4) is 0 Å². The first-order valence-corrected chi connectivity index (χ1v) is 9.77. The van der Waals surface area contributed by atoms with Crippen molar-refractivity contribution >= 4 is 42.1 Å². The molecular formula is C18H31Cl2N3OS. The number of aromatic nitrogens is 1. The Morgan fingerprint density at radius 1 is 1.32 bits per heavy atom. The van der Waals surface area contributed by atoms with Crippen molar-refractivity contribution in [3.63, 3.8) is 0 Å². The van der Waals surface area contributed by atoms with E-state index in [1.54, 1.807) is 11.3 Å².